The van der Waals surface area contributed by atoms with Crippen LogP contribution in [-0.4, -0.2) is 67.3 Å². The van der Waals surface area contributed by atoms with Crippen LogP contribution in [0.25, 0.3) is 22.4 Å². The number of rotatable bonds is 3. The zero-order valence-electron chi connectivity index (χ0n) is 15.6. The quantitative estimate of drug-likeness (QED) is 0.661. The zero-order chi connectivity index (χ0) is 19.1. The molecule has 1 saturated heterocycles. The Bertz CT molecular complexity index is 1050. The molecule has 2 N–H and O–H groups in total. The van der Waals surface area contributed by atoms with E-state index in [0.717, 1.165) is 31.1 Å². The van der Waals surface area contributed by atoms with Gasteiger partial charge in [-0.2, -0.15) is 5.10 Å². The minimum atomic E-state index is -0.269. The monoisotopic (exact) mass is 386 g/mol. The molecular weight excluding hydrogens is 364 g/mol. The van der Waals surface area contributed by atoms with E-state index < -0.39 is 0 Å². The predicted molar refractivity (Wildman–Crippen MR) is 106 cm³/mol. The lowest BCUT2D eigenvalue weighted by atomic mass is 10.2. The summed E-state index contributed by atoms with van der Waals surface area (Å²) < 4.78 is 3.83. The fraction of sp³-hybridized carbons (Fsp3) is 0.389. The molecule has 0 amide bonds. The standard InChI is InChI=1S/C18H22N6O2S/c1-11-15-16(23(3)21-11)18(26)20-17(19-15)13-10-12(4-5-14(13)25)27-24-8-6-22(2)7-9-24/h4-5,10,25H,6-9H2,1-3H3,(H,19,20,26). The first-order chi connectivity index (χ1) is 12.9. The van der Waals surface area contributed by atoms with Gasteiger partial charge in [-0.25, -0.2) is 9.29 Å². The summed E-state index contributed by atoms with van der Waals surface area (Å²) in [6, 6.07) is 5.40. The van der Waals surface area contributed by atoms with Crippen LogP contribution in [0.15, 0.2) is 27.9 Å². The van der Waals surface area contributed by atoms with E-state index in [0.29, 0.717) is 28.1 Å². The van der Waals surface area contributed by atoms with Crippen molar-refractivity contribution < 1.29 is 5.11 Å². The van der Waals surface area contributed by atoms with Crippen molar-refractivity contribution in [1.29, 1.82) is 0 Å². The molecule has 8 nitrogen and oxygen atoms in total. The number of hydrogen-bond acceptors (Lipinski definition) is 7. The second-order valence-corrected chi connectivity index (χ2v) is 7.99. The van der Waals surface area contributed by atoms with Gasteiger partial charge in [0.15, 0.2) is 5.52 Å². The van der Waals surface area contributed by atoms with Crippen molar-refractivity contribution in [2.24, 2.45) is 7.05 Å². The summed E-state index contributed by atoms with van der Waals surface area (Å²) in [6.45, 7) is 5.84. The average Bonchev–Trinajstić information content (AvgIpc) is 2.93. The van der Waals surface area contributed by atoms with Gasteiger partial charge in [-0.05, 0) is 44.1 Å². The van der Waals surface area contributed by atoms with Crippen molar-refractivity contribution in [3.8, 4) is 17.1 Å². The summed E-state index contributed by atoms with van der Waals surface area (Å²) >= 11 is 1.66. The topological polar surface area (TPSA) is 90.3 Å². The van der Waals surface area contributed by atoms with Gasteiger partial charge in [-0.3, -0.25) is 9.48 Å². The number of aryl methyl sites for hydroxylation is 2. The van der Waals surface area contributed by atoms with E-state index >= 15 is 0 Å². The predicted octanol–water partition coefficient (Wildman–Crippen LogP) is 1.59. The van der Waals surface area contributed by atoms with Crippen LogP contribution in [0.2, 0.25) is 0 Å². The Labute approximate surface area is 160 Å². The smallest absolute Gasteiger partial charge is 0.277 e. The van der Waals surface area contributed by atoms with Gasteiger partial charge in [0.05, 0.1) is 11.3 Å². The maximum absolute atomic E-state index is 12.5. The van der Waals surface area contributed by atoms with Crippen molar-refractivity contribution >= 4 is 23.0 Å². The van der Waals surface area contributed by atoms with Crippen molar-refractivity contribution in [3.63, 3.8) is 0 Å². The molecule has 0 unspecified atom stereocenters. The number of fused-ring (bicyclic) bond motifs is 1. The number of phenols is 1. The summed E-state index contributed by atoms with van der Waals surface area (Å²) in [5.74, 6) is 0.434. The molecule has 0 atom stereocenters. The number of nitrogens with one attached hydrogen (secondary N) is 1. The summed E-state index contributed by atoms with van der Waals surface area (Å²) in [7, 11) is 3.84. The largest absolute Gasteiger partial charge is 0.507 e. The molecule has 3 aromatic rings. The number of aromatic amines is 1. The number of benzene rings is 1. The lowest BCUT2D eigenvalue weighted by Gasteiger charge is -2.31. The van der Waals surface area contributed by atoms with Crippen LogP contribution in [0.3, 0.4) is 0 Å². The van der Waals surface area contributed by atoms with Crippen molar-refractivity contribution in [3.05, 3.63) is 34.2 Å². The Morgan fingerprint density at radius 1 is 1.19 bits per heavy atom. The molecule has 0 radical (unpaired) electrons. The molecule has 4 rings (SSSR count). The first-order valence-corrected chi connectivity index (χ1v) is 9.58. The highest BCUT2D eigenvalue weighted by Gasteiger charge is 2.18. The van der Waals surface area contributed by atoms with Crippen LogP contribution in [0, 0.1) is 6.92 Å². The fourth-order valence-electron chi connectivity index (χ4n) is 3.26. The molecular formula is C18H22N6O2S. The minimum Gasteiger partial charge on any atom is -0.507 e. The average molecular weight is 386 g/mol. The third-order valence-corrected chi connectivity index (χ3v) is 5.87. The number of piperazine rings is 1. The lowest BCUT2D eigenvalue weighted by molar-refractivity contribution is 0.233. The van der Waals surface area contributed by atoms with Gasteiger partial charge >= 0.3 is 0 Å². The summed E-state index contributed by atoms with van der Waals surface area (Å²) in [4.78, 5) is 23.1. The first-order valence-electron chi connectivity index (χ1n) is 8.81. The number of aromatic nitrogens is 4. The van der Waals surface area contributed by atoms with Crippen LogP contribution in [0.5, 0.6) is 5.75 Å². The molecule has 1 fully saturated rings. The van der Waals surface area contributed by atoms with Crippen LogP contribution in [0.4, 0.5) is 0 Å². The van der Waals surface area contributed by atoms with E-state index in [2.05, 4.69) is 31.3 Å². The number of likely N-dealkylation sites (N-methyl/N-ethyl adjacent to an activating group) is 1. The number of aromatic hydroxyl groups is 1. The molecule has 0 saturated carbocycles. The van der Waals surface area contributed by atoms with Crippen LogP contribution < -0.4 is 5.56 Å². The molecule has 0 aliphatic carbocycles. The van der Waals surface area contributed by atoms with E-state index in [9.17, 15) is 9.90 Å². The normalized spacial score (nSPS) is 16.3. The lowest BCUT2D eigenvalue weighted by Crippen LogP contribution is -2.40. The Morgan fingerprint density at radius 2 is 1.93 bits per heavy atom. The molecule has 142 valence electrons. The summed E-state index contributed by atoms with van der Waals surface area (Å²) in [6.07, 6.45) is 0. The molecule has 3 heterocycles. The van der Waals surface area contributed by atoms with Gasteiger partial charge in [0.2, 0.25) is 0 Å². The molecule has 1 aliphatic heterocycles. The molecule has 0 spiro atoms. The van der Waals surface area contributed by atoms with Crippen LogP contribution >= 0.6 is 11.9 Å². The van der Waals surface area contributed by atoms with Gasteiger partial charge in [0.1, 0.15) is 17.1 Å². The maximum atomic E-state index is 12.5. The fourth-order valence-corrected chi connectivity index (χ4v) is 4.20. The van der Waals surface area contributed by atoms with Gasteiger partial charge < -0.3 is 15.0 Å². The number of phenolic OH excluding ortho intramolecular Hbond substituents is 1. The Kier molecular flexibility index (Phi) is 4.67. The minimum absolute atomic E-state index is 0.0850. The van der Waals surface area contributed by atoms with Crippen LogP contribution in [0.1, 0.15) is 5.69 Å². The van der Waals surface area contributed by atoms with Gasteiger partial charge in [-0.15, -0.1) is 0 Å². The van der Waals surface area contributed by atoms with Crippen molar-refractivity contribution in [1.82, 2.24) is 29.0 Å². The van der Waals surface area contributed by atoms with E-state index in [1.807, 2.05) is 19.1 Å². The number of H-pyrrole nitrogens is 1. The molecule has 0 bridgehead atoms. The van der Waals surface area contributed by atoms with E-state index in [1.165, 1.54) is 4.68 Å². The number of hydrogen-bond donors (Lipinski definition) is 2. The van der Waals surface area contributed by atoms with Crippen molar-refractivity contribution in [2.75, 3.05) is 33.2 Å². The van der Waals surface area contributed by atoms with E-state index in [-0.39, 0.29) is 11.3 Å². The summed E-state index contributed by atoms with van der Waals surface area (Å²) in [5, 5.41) is 14.6. The highest BCUT2D eigenvalue weighted by Crippen LogP contribution is 2.33. The Balaban J connectivity index is 1.70. The van der Waals surface area contributed by atoms with Gasteiger partial charge in [0.25, 0.3) is 5.56 Å². The second-order valence-electron chi connectivity index (χ2n) is 6.82. The Morgan fingerprint density at radius 3 is 2.67 bits per heavy atom. The number of nitrogens with zero attached hydrogens (tertiary/aromatic N) is 5. The van der Waals surface area contributed by atoms with Crippen LogP contribution in [-0.2, 0) is 7.05 Å². The molecule has 1 aromatic carbocycles. The third kappa shape index (κ3) is 3.45. The maximum Gasteiger partial charge on any atom is 0.277 e. The first kappa shape index (κ1) is 18.0. The van der Waals surface area contributed by atoms with Gasteiger partial charge in [-0.1, -0.05) is 0 Å². The summed E-state index contributed by atoms with van der Waals surface area (Å²) in [5.41, 5.74) is 1.90. The SMILES string of the molecule is Cc1nn(C)c2c(=O)[nH]c(-c3cc(SN4CCN(C)CC4)ccc3O)nc12. The highest BCUT2D eigenvalue weighted by molar-refractivity contribution is 7.97. The molecule has 27 heavy (non-hydrogen) atoms. The molecule has 2 aromatic heterocycles. The molecule has 1 aliphatic rings. The van der Waals surface area contributed by atoms with Crippen molar-refractivity contribution in [2.45, 2.75) is 11.8 Å². The zero-order valence-corrected chi connectivity index (χ0v) is 16.4. The van der Waals surface area contributed by atoms with Gasteiger partial charge in [0, 0.05) is 38.1 Å². The Hall–Kier alpha value is -2.36. The molecule has 9 heteroatoms. The third-order valence-electron chi connectivity index (χ3n) is 4.78. The second kappa shape index (κ2) is 6.99. The van der Waals surface area contributed by atoms with E-state index in [1.54, 1.807) is 25.1 Å². The highest BCUT2D eigenvalue weighted by atomic mass is 32.2. The van der Waals surface area contributed by atoms with E-state index in [4.69, 9.17) is 0 Å².